The zero-order valence-electron chi connectivity index (χ0n) is 9.42. The van der Waals surface area contributed by atoms with E-state index in [2.05, 4.69) is 4.98 Å². The summed E-state index contributed by atoms with van der Waals surface area (Å²) in [7, 11) is 0. The maximum Gasteiger partial charge on any atom is 0.318 e. The predicted octanol–water partition coefficient (Wildman–Crippen LogP) is 0.991. The van der Waals surface area contributed by atoms with Gasteiger partial charge in [-0.25, -0.2) is 0 Å². The Morgan fingerprint density at radius 1 is 1.44 bits per heavy atom. The highest BCUT2D eigenvalue weighted by atomic mass is 32.1. The number of carboxylic acid groups (broad SMARTS) is 2. The molecule has 18 heavy (non-hydrogen) atoms. The molecule has 3 rings (SSSR count). The summed E-state index contributed by atoms with van der Waals surface area (Å²) in [5.41, 5.74) is 1.71. The number of aliphatic carboxylic acids is 2. The van der Waals surface area contributed by atoms with Crippen LogP contribution in [0.25, 0.3) is 0 Å². The Bertz CT molecular complexity index is 589. The molecule has 6 nitrogen and oxygen atoms in total. The second-order valence-electron chi connectivity index (χ2n) is 4.94. The van der Waals surface area contributed by atoms with Crippen molar-refractivity contribution < 1.29 is 19.8 Å². The molecule has 0 radical (unpaired) electrons. The van der Waals surface area contributed by atoms with Crippen LogP contribution in [0.3, 0.4) is 0 Å². The summed E-state index contributed by atoms with van der Waals surface area (Å²) in [5, 5.41) is 17.8. The van der Waals surface area contributed by atoms with Crippen LogP contribution in [0.1, 0.15) is 23.7 Å². The van der Waals surface area contributed by atoms with Gasteiger partial charge in [-0.05, 0) is 24.6 Å². The molecule has 2 aliphatic rings. The van der Waals surface area contributed by atoms with Crippen LogP contribution in [-0.2, 0) is 22.6 Å². The van der Waals surface area contributed by atoms with E-state index < -0.39 is 17.9 Å². The summed E-state index contributed by atoms with van der Waals surface area (Å²) in [6, 6.07) is 0. The summed E-state index contributed by atoms with van der Waals surface area (Å²) in [5.74, 6) is -2.99. The minimum absolute atomic E-state index is 0.0279. The highest BCUT2D eigenvalue weighted by Crippen LogP contribution is 2.54. The van der Waals surface area contributed by atoms with Crippen LogP contribution < -0.4 is 0 Å². The third kappa shape index (κ3) is 1.58. The number of imidazole rings is 1. The molecule has 1 saturated carbocycles. The van der Waals surface area contributed by atoms with E-state index in [9.17, 15) is 9.59 Å². The molecule has 7 heteroatoms. The van der Waals surface area contributed by atoms with Crippen molar-refractivity contribution >= 4 is 24.2 Å². The molecular weight excluding hydrogens is 256 g/mol. The number of aromatic amines is 1. The standard InChI is InChI=1S/C11H12N2O4S/c14-9(15)6(10(16)17)2-7-8-5-1-4(5)3-13(8)11(18)12-7/h4-6H,1-3H2,(H,12,18)(H,14,15)(H,16,17). The Balaban J connectivity index is 1.94. The topological polar surface area (TPSA) is 95.3 Å². The minimum Gasteiger partial charge on any atom is -0.481 e. The van der Waals surface area contributed by atoms with Crippen LogP contribution in [0.4, 0.5) is 0 Å². The van der Waals surface area contributed by atoms with E-state index in [1.165, 1.54) is 0 Å². The second-order valence-corrected chi connectivity index (χ2v) is 5.33. The van der Waals surface area contributed by atoms with Crippen molar-refractivity contribution in [2.75, 3.05) is 0 Å². The Kier molecular flexibility index (Phi) is 2.34. The molecular formula is C11H12N2O4S. The molecule has 1 aromatic heterocycles. The second kappa shape index (κ2) is 3.68. The average molecular weight is 268 g/mol. The van der Waals surface area contributed by atoms with Crippen LogP contribution in [0.5, 0.6) is 0 Å². The van der Waals surface area contributed by atoms with E-state index in [1.54, 1.807) is 0 Å². The highest BCUT2D eigenvalue weighted by molar-refractivity contribution is 7.71. The van der Waals surface area contributed by atoms with E-state index >= 15 is 0 Å². The lowest BCUT2D eigenvalue weighted by Crippen LogP contribution is -2.26. The molecule has 0 amide bonds. The van der Waals surface area contributed by atoms with Gasteiger partial charge >= 0.3 is 11.9 Å². The quantitative estimate of drug-likeness (QED) is 0.559. The Hall–Kier alpha value is -1.63. The fourth-order valence-electron chi connectivity index (χ4n) is 2.80. The summed E-state index contributed by atoms with van der Waals surface area (Å²) in [6.45, 7) is 0.875. The van der Waals surface area contributed by atoms with Gasteiger partial charge in [0.25, 0.3) is 0 Å². The van der Waals surface area contributed by atoms with Gasteiger partial charge in [0.2, 0.25) is 0 Å². The van der Waals surface area contributed by atoms with Gasteiger partial charge in [-0.1, -0.05) is 0 Å². The first-order chi connectivity index (χ1) is 8.49. The number of carbonyl (C=O) groups is 2. The summed E-state index contributed by atoms with van der Waals surface area (Å²) in [4.78, 5) is 24.8. The Morgan fingerprint density at radius 3 is 2.72 bits per heavy atom. The number of nitrogens with zero attached hydrogens (tertiary/aromatic N) is 1. The number of fused-ring (bicyclic) bond motifs is 3. The largest absolute Gasteiger partial charge is 0.481 e. The lowest BCUT2D eigenvalue weighted by atomic mass is 10.0. The first kappa shape index (κ1) is 11.5. The summed E-state index contributed by atoms with van der Waals surface area (Å²) in [6.07, 6.45) is 1.07. The fourth-order valence-corrected chi connectivity index (χ4v) is 3.09. The van der Waals surface area contributed by atoms with Crippen molar-refractivity contribution in [3.8, 4) is 0 Å². The number of hydrogen-bond acceptors (Lipinski definition) is 3. The zero-order chi connectivity index (χ0) is 13.0. The Labute approximate surface area is 107 Å². The lowest BCUT2D eigenvalue weighted by molar-refractivity contribution is -0.154. The van der Waals surface area contributed by atoms with Gasteiger partial charge in [0.15, 0.2) is 10.7 Å². The molecule has 0 aromatic carbocycles. The van der Waals surface area contributed by atoms with E-state index in [-0.39, 0.29) is 6.42 Å². The van der Waals surface area contributed by atoms with Gasteiger partial charge in [-0.3, -0.25) is 9.59 Å². The highest BCUT2D eigenvalue weighted by Gasteiger charge is 2.48. The third-order valence-electron chi connectivity index (χ3n) is 3.80. The van der Waals surface area contributed by atoms with Crippen LogP contribution in [0.15, 0.2) is 0 Å². The molecule has 0 saturated heterocycles. The first-order valence-corrected chi connectivity index (χ1v) is 6.17. The molecule has 2 atom stereocenters. The maximum absolute atomic E-state index is 10.9. The van der Waals surface area contributed by atoms with Crippen molar-refractivity contribution in [2.45, 2.75) is 25.3 Å². The molecule has 1 fully saturated rings. The van der Waals surface area contributed by atoms with Crippen molar-refractivity contribution in [3.05, 3.63) is 16.2 Å². The monoisotopic (exact) mass is 268 g/mol. The van der Waals surface area contributed by atoms with Crippen LogP contribution >= 0.6 is 12.2 Å². The van der Waals surface area contributed by atoms with E-state index in [0.29, 0.717) is 22.3 Å². The lowest BCUT2D eigenvalue weighted by Gasteiger charge is -2.07. The number of carboxylic acids is 2. The van der Waals surface area contributed by atoms with Crippen molar-refractivity contribution in [1.82, 2.24) is 9.55 Å². The van der Waals surface area contributed by atoms with Gasteiger partial charge in [-0.15, -0.1) is 0 Å². The summed E-state index contributed by atoms with van der Waals surface area (Å²) >= 11 is 5.17. The van der Waals surface area contributed by atoms with E-state index in [1.807, 2.05) is 4.57 Å². The number of hydrogen-bond donors (Lipinski definition) is 3. The van der Waals surface area contributed by atoms with E-state index in [4.69, 9.17) is 22.4 Å². The molecule has 1 aromatic rings. The van der Waals surface area contributed by atoms with Crippen LogP contribution in [0.2, 0.25) is 0 Å². The van der Waals surface area contributed by atoms with E-state index in [0.717, 1.165) is 18.7 Å². The number of aromatic nitrogens is 2. The molecule has 1 aliphatic carbocycles. The van der Waals surface area contributed by atoms with Crippen molar-refractivity contribution in [3.63, 3.8) is 0 Å². The number of H-pyrrole nitrogens is 1. The SMILES string of the molecule is O=C(O)C(Cc1[nH]c(=S)n2c1C1CC1C2)C(=O)O. The fraction of sp³-hybridized carbons (Fsp3) is 0.545. The van der Waals surface area contributed by atoms with Gasteiger partial charge in [-0.2, -0.15) is 0 Å². The smallest absolute Gasteiger partial charge is 0.318 e. The van der Waals surface area contributed by atoms with Crippen molar-refractivity contribution in [2.24, 2.45) is 11.8 Å². The average Bonchev–Trinajstić information content (AvgIpc) is 2.82. The number of rotatable bonds is 4. The summed E-state index contributed by atoms with van der Waals surface area (Å²) < 4.78 is 2.55. The molecule has 2 unspecified atom stereocenters. The van der Waals surface area contributed by atoms with Crippen LogP contribution in [-0.4, -0.2) is 31.7 Å². The molecule has 0 bridgehead atoms. The molecule has 2 heterocycles. The van der Waals surface area contributed by atoms with Gasteiger partial charge < -0.3 is 19.8 Å². The predicted molar refractivity (Wildman–Crippen MR) is 62.9 cm³/mol. The normalized spacial score (nSPS) is 23.8. The molecule has 1 aliphatic heterocycles. The van der Waals surface area contributed by atoms with Gasteiger partial charge in [0, 0.05) is 30.3 Å². The van der Waals surface area contributed by atoms with Gasteiger partial charge in [0.05, 0.1) is 0 Å². The zero-order valence-corrected chi connectivity index (χ0v) is 10.2. The molecule has 3 N–H and O–H groups in total. The van der Waals surface area contributed by atoms with Crippen molar-refractivity contribution in [1.29, 1.82) is 0 Å². The molecule has 0 spiro atoms. The van der Waals surface area contributed by atoms with Crippen LogP contribution in [0, 0.1) is 16.6 Å². The number of nitrogens with one attached hydrogen (secondary N) is 1. The minimum atomic E-state index is -1.42. The first-order valence-electron chi connectivity index (χ1n) is 5.76. The maximum atomic E-state index is 10.9. The Morgan fingerprint density at radius 2 is 2.11 bits per heavy atom. The third-order valence-corrected chi connectivity index (χ3v) is 4.12. The molecule has 96 valence electrons. The van der Waals surface area contributed by atoms with Gasteiger partial charge in [0.1, 0.15) is 0 Å².